The molecule has 0 spiro atoms. The predicted molar refractivity (Wildman–Crippen MR) is 87.2 cm³/mol. The number of nitrogens with zero attached hydrogens (tertiary/aromatic N) is 1. The molecule has 0 saturated heterocycles. The largest absolute Gasteiger partial charge is 0.394 e. The highest BCUT2D eigenvalue weighted by molar-refractivity contribution is 6.03. The molecule has 0 fully saturated rings. The fourth-order valence-corrected chi connectivity index (χ4v) is 1.86. The molecule has 0 aliphatic carbocycles. The van der Waals surface area contributed by atoms with Crippen LogP contribution in [0.1, 0.15) is 16.9 Å². The number of aromatic amines is 1. The highest BCUT2D eigenvalue weighted by Gasteiger charge is 2.09. The quantitative estimate of drug-likeness (QED) is 0.401. The van der Waals surface area contributed by atoms with Gasteiger partial charge in [0.1, 0.15) is 5.69 Å². The summed E-state index contributed by atoms with van der Waals surface area (Å²) in [5, 5.41) is 21.5. The zero-order valence-corrected chi connectivity index (χ0v) is 12.6. The number of halogens is 1. The maximum Gasteiger partial charge on any atom is 0.296 e. The molecule has 0 bridgehead atoms. The van der Waals surface area contributed by atoms with Gasteiger partial charge < -0.3 is 26.2 Å². The molecule has 8 heteroatoms. The van der Waals surface area contributed by atoms with Crippen molar-refractivity contribution < 1.29 is 15.0 Å². The molecule has 2 rings (SSSR count). The number of benzene rings is 1. The van der Waals surface area contributed by atoms with Gasteiger partial charge in [0.25, 0.3) is 5.91 Å². The third-order valence-corrected chi connectivity index (χ3v) is 2.98. The molecule has 0 aliphatic rings. The lowest BCUT2D eigenvalue weighted by Crippen LogP contribution is -2.35. The van der Waals surface area contributed by atoms with E-state index in [2.05, 4.69) is 15.3 Å². The van der Waals surface area contributed by atoms with Gasteiger partial charge in [0.2, 0.25) is 0 Å². The first-order valence-corrected chi connectivity index (χ1v) is 6.59. The van der Waals surface area contributed by atoms with Gasteiger partial charge in [-0.3, -0.25) is 4.79 Å². The number of amides is 1. The van der Waals surface area contributed by atoms with Crippen molar-refractivity contribution in [1.29, 1.82) is 0 Å². The van der Waals surface area contributed by atoms with Gasteiger partial charge in [-0.2, -0.15) is 4.99 Å². The first-order valence-electron chi connectivity index (χ1n) is 6.59. The van der Waals surface area contributed by atoms with E-state index in [0.717, 1.165) is 10.9 Å². The molecule has 120 valence electrons. The van der Waals surface area contributed by atoms with Crippen LogP contribution in [0.3, 0.4) is 0 Å². The molecular formula is C14H19ClN4O3. The normalized spacial score (nSPS) is 12.7. The number of aromatic nitrogens is 1. The number of para-hydroxylation sites is 1. The molecule has 0 saturated carbocycles. The van der Waals surface area contributed by atoms with Crippen LogP contribution in [0, 0.1) is 0 Å². The fraction of sp³-hybridized carbons (Fsp3) is 0.286. The van der Waals surface area contributed by atoms with Gasteiger partial charge in [0.05, 0.1) is 12.7 Å². The molecule has 0 aliphatic heterocycles. The molecule has 22 heavy (non-hydrogen) atoms. The van der Waals surface area contributed by atoms with Crippen LogP contribution in [0.2, 0.25) is 0 Å². The second kappa shape index (κ2) is 8.38. The van der Waals surface area contributed by atoms with Gasteiger partial charge in [0, 0.05) is 17.4 Å². The second-order valence-electron chi connectivity index (χ2n) is 4.62. The van der Waals surface area contributed by atoms with Crippen LogP contribution in [-0.4, -0.2) is 46.3 Å². The summed E-state index contributed by atoms with van der Waals surface area (Å²) in [7, 11) is 0. The van der Waals surface area contributed by atoms with Gasteiger partial charge in [0.15, 0.2) is 5.96 Å². The number of rotatable bonds is 5. The second-order valence-corrected chi connectivity index (χ2v) is 4.62. The lowest BCUT2D eigenvalue weighted by atomic mass is 10.2. The molecular weight excluding hydrogens is 308 g/mol. The fourth-order valence-electron chi connectivity index (χ4n) is 1.86. The van der Waals surface area contributed by atoms with Gasteiger partial charge in [-0.1, -0.05) is 18.2 Å². The Morgan fingerprint density at radius 1 is 1.41 bits per heavy atom. The van der Waals surface area contributed by atoms with Crippen LogP contribution >= 0.6 is 12.4 Å². The van der Waals surface area contributed by atoms with E-state index in [4.69, 9.17) is 15.9 Å². The van der Waals surface area contributed by atoms with Crippen molar-refractivity contribution in [3.63, 3.8) is 0 Å². The van der Waals surface area contributed by atoms with Crippen molar-refractivity contribution in [2.75, 3.05) is 13.2 Å². The van der Waals surface area contributed by atoms with Crippen LogP contribution in [0.5, 0.6) is 0 Å². The van der Waals surface area contributed by atoms with Crippen molar-refractivity contribution in [2.45, 2.75) is 12.5 Å². The average molecular weight is 327 g/mol. The minimum absolute atomic E-state index is 0. The molecule has 7 nitrogen and oxygen atoms in total. The standard InChI is InChI=1S/C14H18N4O3.ClH/c15-14(16-6-5-10(20)8-19)18-13(21)12-7-9-3-1-2-4-11(9)17-12;/h1-4,7,10,17,19-20H,5-6,8H2,(H3,15,16,18,21);1H. The van der Waals surface area contributed by atoms with Crippen molar-refractivity contribution in [2.24, 2.45) is 10.7 Å². The Morgan fingerprint density at radius 2 is 2.14 bits per heavy atom. The molecule has 1 heterocycles. The highest BCUT2D eigenvalue weighted by Crippen LogP contribution is 2.15. The number of H-pyrrole nitrogens is 1. The number of aliphatic hydroxyl groups excluding tert-OH is 2. The van der Waals surface area contributed by atoms with Crippen molar-refractivity contribution in [1.82, 2.24) is 10.3 Å². The van der Waals surface area contributed by atoms with Crippen molar-refractivity contribution >= 4 is 35.2 Å². The first-order chi connectivity index (χ1) is 10.1. The summed E-state index contributed by atoms with van der Waals surface area (Å²) in [5.74, 6) is -0.497. The van der Waals surface area contributed by atoms with E-state index in [1.165, 1.54) is 0 Å². The summed E-state index contributed by atoms with van der Waals surface area (Å²) in [6.45, 7) is 0.00373. The average Bonchev–Trinajstić information content (AvgIpc) is 2.91. The molecule has 1 unspecified atom stereocenters. The third-order valence-electron chi connectivity index (χ3n) is 2.98. The van der Waals surface area contributed by atoms with Gasteiger partial charge in [-0.25, -0.2) is 0 Å². The van der Waals surface area contributed by atoms with E-state index < -0.39 is 12.0 Å². The van der Waals surface area contributed by atoms with E-state index >= 15 is 0 Å². The molecule has 1 atom stereocenters. The minimum Gasteiger partial charge on any atom is -0.394 e. The number of carbonyl (C=O) groups excluding carboxylic acids is 1. The Kier molecular flexibility index (Phi) is 6.84. The topological polar surface area (TPSA) is 124 Å². The Morgan fingerprint density at radius 3 is 2.82 bits per heavy atom. The summed E-state index contributed by atoms with van der Waals surface area (Å²) in [4.78, 5) is 18.7. The van der Waals surface area contributed by atoms with Crippen LogP contribution in [0.4, 0.5) is 0 Å². The summed E-state index contributed by atoms with van der Waals surface area (Å²) >= 11 is 0. The predicted octanol–water partition coefficient (Wildman–Crippen LogP) is 0.377. The summed E-state index contributed by atoms with van der Waals surface area (Å²) < 4.78 is 0. The van der Waals surface area contributed by atoms with E-state index in [1.54, 1.807) is 6.07 Å². The molecule has 1 aromatic heterocycles. The Hall–Kier alpha value is -2.09. The van der Waals surface area contributed by atoms with Gasteiger partial charge in [-0.05, 0) is 18.6 Å². The summed E-state index contributed by atoms with van der Waals surface area (Å²) in [6, 6.07) is 9.23. The van der Waals surface area contributed by atoms with Gasteiger partial charge >= 0.3 is 0 Å². The lowest BCUT2D eigenvalue weighted by Gasteiger charge is -2.08. The molecule has 0 radical (unpaired) electrons. The van der Waals surface area contributed by atoms with Crippen LogP contribution in [0.15, 0.2) is 35.3 Å². The maximum atomic E-state index is 11.9. The van der Waals surface area contributed by atoms with Crippen molar-refractivity contribution in [3.8, 4) is 0 Å². The smallest absolute Gasteiger partial charge is 0.296 e. The Labute approximate surface area is 133 Å². The first kappa shape index (κ1) is 18.0. The minimum atomic E-state index is -0.810. The number of hydrogen-bond donors (Lipinski definition) is 5. The maximum absolute atomic E-state index is 11.9. The number of fused-ring (bicyclic) bond motifs is 1. The molecule has 2 aromatic rings. The van der Waals surface area contributed by atoms with Crippen LogP contribution in [-0.2, 0) is 0 Å². The molecule has 1 aromatic carbocycles. The number of nitrogens with one attached hydrogen (secondary N) is 2. The Balaban J connectivity index is 0.00000242. The monoisotopic (exact) mass is 326 g/mol. The van der Waals surface area contributed by atoms with E-state index in [9.17, 15) is 4.79 Å². The number of aliphatic hydroxyl groups is 2. The number of carbonyl (C=O) groups is 1. The summed E-state index contributed by atoms with van der Waals surface area (Å²) in [6.07, 6.45) is -0.498. The molecule has 6 N–H and O–H groups in total. The van der Waals surface area contributed by atoms with Crippen LogP contribution in [0.25, 0.3) is 10.9 Å². The van der Waals surface area contributed by atoms with E-state index in [-0.39, 0.29) is 25.0 Å². The Bertz CT molecular complexity index is 623. The highest BCUT2D eigenvalue weighted by atomic mass is 35.5. The third kappa shape index (κ3) is 4.73. The number of hydrogen-bond acceptors (Lipinski definition) is 3. The molecule has 1 amide bonds. The van der Waals surface area contributed by atoms with E-state index in [0.29, 0.717) is 18.7 Å². The number of nitrogens with two attached hydrogens (primary N) is 1. The number of guanidine groups is 1. The number of aliphatic imine (C=N–C) groups is 1. The SMILES string of the molecule is Cl.NC(=NC(=O)c1cc2ccccc2[nH]1)NCCC(O)CO. The zero-order chi connectivity index (χ0) is 15.2. The van der Waals surface area contributed by atoms with Gasteiger partial charge in [-0.15, -0.1) is 12.4 Å². The van der Waals surface area contributed by atoms with Crippen molar-refractivity contribution in [3.05, 3.63) is 36.0 Å². The lowest BCUT2D eigenvalue weighted by molar-refractivity contribution is 0.0893. The van der Waals surface area contributed by atoms with E-state index in [1.807, 2.05) is 24.3 Å². The zero-order valence-electron chi connectivity index (χ0n) is 11.8. The van der Waals surface area contributed by atoms with Crippen LogP contribution < -0.4 is 11.1 Å². The summed E-state index contributed by atoms with van der Waals surface area (Å²) in [5.41, 5.74) is 6.81.